The van der Waals surface area contributed by atoms with Gasteiger partial charge in [-0.1, -0.05) is 18.9 Å². The van der Waals surface area contributed by atoms with Gasteiger partial charge in [0, 0.05) is 13.1 Å². The summed E-state index contributed by atoms with van der Waals surface area (Å²) in [5.41, 5.74) is 0.869. The van der Waals surface area contributed by atoms with E-state index < -0.39 is 10.0 Å². The van der Waals surface area contributed by atoms with Gasteiger partial charge in [0.25, 0.3) is 0 Å². The van der Waals surface area contributed by atoms with Crippen molar-refractivity contribution in [2.45, 2.75) is 24.8 Å². The van der Waals surface area contributed by atoms with Crippen LogP contribution >= 0.6 is 0 Å². The maximum Gasteiger partial charge on any atom is 0.247 e. The molecule has 0 radical (unpaired) electrons. The number of nitrogens with zero attached hydrogens (tertiary/aromatic N) is 1. The number of hydrogen-bond acceptors (Lipinski definition) is 4. The van der Waals surface area contributed by atoms with Gasteiger partial charge >= 0.3 is 0 Å². The predicted octanol–water partition coefficient (Wildman–Crippen LogP) is 1.45. The van der Waals surface area contributed by atoms with E-state index in [2.05, 4.69) is 11.2 Å². The minimum atomic E-state index is -3.67. The Morgan fingerprint density at radius 3 is 2.67 bits per heavy atom. The van der Waals surface area contributed by atoms with E-state index >= 15 is 0 Å². The molecule has 0 aliphatic carbocycles. The van der Waals surface area contributed by atoms with Crippen LogP contribution in [-0.2, 0) is 16.6 Å². The zero-order valence-corrected chi connectivity index (χ0v) is 13.5. The molecule has 116 valence electrons. The molecule has 0 aliphatic heterocycles. The number of methoxy groups -OCH3 is 1. The SMILES string of the molecule is C#CCN(CCC)S(=O)(=O)c1cc(CNC)ccc1OC. The van der Waals surface area contributed by atoms with Crippen molar-refractivity contribution < 1.29 is 13.2 Å². The quantitative estimate of drug-likeness (QED) is 0.738. The summed E-state index contributed by atoms with van der Waals surface area (Å²) in [6.07, 6.45) is 5.98. The van der Waals surface area contributed by atoms with Crippen LogP contribution in [0.25, 0.3) is 0 Å². The molecule has 1 rings (SSSR count). The number of rotatable bonds is 8. The second-order valence-corrected chi connectivity index (χ2v) is 6.46. The van der Waals surface area contributed by atoms with Crippen molar-refractivity contribution >= 4 is 10.0 Å². The van der Waals surface area contributed by atoms with Gasteiger partial charge < -0.3 is 10.1 Å². The van der Waals surface area contributed by atoms with Crippen molar-refractivity contribution in [2.24, 2.45) is 0 Å². The second-order valence-electron chi connectivity index (χ2n) is 4.56. The van der Waals surface area contributed by atoms with Crippen LogP contribution in [0, 0.1) is 12.3 Å². The monoisotopic (exact) mass is 310 g/mol. The zero-order chi connectivity index (χ0) is 15.9. The van der Waals surface area contributed by atoms with Gasteiger partial charge in [0.1, 0.15) is 10.6 Å². The molecule has 0 atom stereocenters. The molecule has 6 heteroatoms. The third kappa shape index (κ3) is 4.21. The number of hydrogen-bond donors (Lipinski definition) is 1. The highest BCUT2D eigenvalue weighted by Gasteiger charge is 2.27. The fourth-order valence-corrected chi connectivity index (χ4v) is 3.66. The molecule has 0 fully saturated rings. The fraction of sp³-hybridized carbons (Fsp3) is 0.467. The first kappa shape index (κ1) is 17.5. The van der Waals surface area contributed by atoms with E-state index in [-0.39, 0.29) is 11.4 Å². The van der Waals surface area contributed by atoms with Crippen LogP contribution in [-0.4, -0.2) is 40.0 Å². The minimum Gasteiger partial charge on any atom is -0.495 e. The number of benzene rings is 1. The van der Waals surface area contributed by atoms with Gasteiger partial charge in [-0.15, -0.1) is 6.42 Å². The highest BCUT2D eigenvalue weighted by Crippen LogP contribution is 2.28. The first-order valence-electron chi connectivity index (χ1n) is 6.76. The standard InChI is InChI=1S/C15H22N2O3S/c1-5-9-17(10-6-2)21(18,19)15-11-13(12-16-3)7-8-14(15)20-4/h1,7-8,11,16H,6,9-10,12H2,2-4H3. The lowest BCUT2D eigenvalue weighted by Crippen LogP contribution is -2.32. The van der Waals surface area contributed by atoms with Crippen LogP contribution in [0.3, 0.4) is 0 Å². The molecule has 0 saturated heterocycles. The van der Waals surface area contributed by atoms with Crippen molar-refractivity contribution in [1.82, 2.24) is 9.62 Å². The lowest BCUT2D eigenvalue weighted by Gasteiger charge is -2.21. The van der Waals surface area contributed by atoms with Crippen LogP contribution in [0.4, 0.5) is 0 Å². The Morgan fingerprint density at radius 2 is 2.14 bits per heavy atom. The third-order valence-electron chi connectivity index (χ3n) is 2.97. The highest BCUT2D eigenvalue weighted by molar-refractivity contribution is 7.89. The van der Waals surface area contributed by atoms with E-state index in [0.717, 1.165) is 5.56 Å². The van der Waals surface area contributed by atoms with Gasteiger partial charge in [0.05, 0.1) is 13.7 Å². The number of ether oxygens (including phenoxy) is 1. The van der Waals surface area contributed by atoms with Gasteiger partial charge in [0.2, 0.25) is 10.0 Å². The molecule has 0 aromatic heterocycles. The van der Waals surface area contributed by atoms with Gasteiger partial charge in [-0.3, -0.25) is 0 Å². The van der Waals surface area contributed by atoms with Gasteiger partial charge in [0.15, 0.2) is 0 Å². The Hall–Kier alpha value is -1.55. The Labute approximate surface area is 127 Å². The van der Waals surface area contributed by atoms with Crippen molar-refractivity contribution in [1.29, 1.82) is 0 Å². The normalized spacial score (nSPS) is 11.4. The molecule has 0 spiro atoms. The molecule has 0 heterocycles. The average Bonchev–Trinajstić information content (AvgIpc) is 2.47. The molecule has 0 unspecified atom stereocenters. The van der Waals surface area contributed by atoms with Crippen LogP contribution in [0.5, 0.6) is 5.75 Å². The van der Waals surface area contributed by atoms with Crippen molar-refractivity contribution in [2.75, 3.05) is 27.2 Å². The zero-order valence-electron chi connectivity index (χ0n) is 12.7. The summed E-state index contributed by atoms with van der Waals surface area (Å²) < 4.78 is 32.0. The first-order chi connectivity index (χ1) is 10.0. The number of nitrogens with one attached hydrogen (secondary N) is 1. The molecule has 1 aromatic rings. The smallest absolute Gasteiger partial charge is 0.247 e. The fourth-order valence-electron chi connectivity index (χ4n) is 2.01. The Kier molecular flexibility index (Phi) is 6.69. The predicted molar refractivity (Wildman–Crippen MR) is 83.6 cm³/mol. The summed E-state index contributed by atoms with van der Waals surface area (Å²) >= 11 is 0. The van der Waals surface area contributed by atoms with Crippen LogP contribution < -0.4 is 10.1 Å². The maximum absolute atomic E-state index is 12.8. The van der Waals surface area contributed by atoms with Crippen LogP contribution in [0.2, 0.25) is 0 Å². The van der Waals surface area contributed by atoms with Gasteiger partial charge in [-0.25, -0.2) is 8.42 Å². The molecule has 1 aromatic carbocycles. The average molecular weight is 310 g/mol. The van der Waals surface area contributed by atoms with Crippen LogP contribution in [0.15, 0.2) is 23.1 Å². The van der Waals surface area contributed by atoms with E-state index in [1.54, 1.807) is 19.2 Å². The maximum atomic E-state index is 12.8. The number of sulfonamides is 1. The summed E-state index contributed by atoms with van der Waals surface area (Å²) in [5, 5.41) is 3.00. The summed E-state index contributed by atoms with van der Waals surface area (Å²) in [7, 11) is -0.409. The lowest BCUT2D eigenvalue weighted by atomic mass is 10.2. The molecule has 0 amide bonds. The topological polar surface area (TPSA) is 58.6 Å². The molecule has 0 aliphatic rings. The van der Waals surface area contributed by atoms with E-state index in [0.29, 0.717) is 25.3 Å². The second kappa shape index (κ2) is 8.03. The van der Waals surface area contributed by atoms with E-state index in [1.807, 2.05) is 13.0 Å². The van der Waals surface area contributed by atoms with Crippen molar-refractivity contribution in [3.8, 4) is 18.1 Å². The van der Waals surface area contributed by atoms with E-state index in [4.69, 9.17) is 11.2 Å². The lowest BCUT2D eigenvalue weighted by molar-refractivity contribution is 0.395. The molecular formula is C15H22N2O3S. The molecule has 5 nitrogen and oxygen atoms in total. The van der Waals surface area contributed by atoms with Gasteiger partial charge in [-0.2, -0.15) is 4.31 Å². The molecule has 1 N–H and O–H groups in total. The third-order valence-corrected chi connectivity index (χ3v) is 4.83. The number of terminal acetylenes is 1. The first-order valence-corrected chi connectivity index (χ1v) is 8.20. The molecule has 0 saturated carbocycles. The van der Waals surface area contributed by atoms with Crippen molar-refractivity contribution in [3.63, 3.8) is 0 Å². The Morgan fingerprint density at radius 1 is 1.43 bits per heavy atom. The van der Waals surface area contributed by atoms with E-state index in [9.17, 15) is 8.42 Å². The largest absolute Gasteiger partial charge is 0.495 e. The molecule has 0 bridgehead atoms. The summed E-state index contributed by atoms with van der Waals surface area (Å²) in [5.74, 6) is 2.73. The Bertz CT molecular complexity index is 606. The molecule has 21 heavy (non-hydrogen) atoms. The minimum absolute atomic E-state index is 0.0512. The Balaban J connectivity index is 3.33. The summed E-state index contributed by atoms with van der Waals surface area (Å²) in [6.45, 7) is 2.92. The molecular weight excluding hydrogens is 288 g/mol. The summed E-state index contributed by atoms with van der Waals surface area (Å²) in [4.78, 5) is 0.154. The highest BCUT2D eigenvalue weighted by atomic mass is 32.2. The van der Waals surface area contributed by atoms with Gasteiger partial charge in [-0.05, 0) is 31.2 Å². The van der Waals surface area contributed by atoms with Crippen molar-refractivity contribution in [3.05, 3.63) is 23.8 Å². The summed E-state index contributed by atoms with van der Waals surface area (Å²) in [6, 6.07) is 5.13. The van der Waals surface area contributed by atoms with Crippen LogP contribution in [0.1, 0.15) is 18.9 Å². The van der Waals surface area contributed by atoms with E-state index in [1.165, 1.54) is 11.4 Å².